The summed E-state index contributed by atoms with van der Waals surface area (Å²) in [5, 5.41) is 2.72. The Morgan fingerprint density at radius 3 is 2.62 bits per heavy atom. The molecule has 0 unspecified atom stereocenters. The Labute approximate surface area is 121 Å². The minimum Gasteiger partial charge on any atom is -0.497 e. The molecule has 21 heavy (non-hydrogen) atoms. The van der Waals surface area contributed by atoms with E-state index in [4.69, 9.17) is 9.15 Å². The molecule has 0 saturated heterocycles. The fraction of sp³-hybridized carbons (Fsp3) is 0.125. The second-order valence-corrected chi connectivity index (χ2v) is 4.61. The quantitative estimate of drug-likeness (QED) is 0.799. The van der Waals surface area contributed by atoms with Crippen LogP contribution in [0.3, 0.4) is 0 Å². The van der Waals surface area contributed by atoms with Crippen molar-refractivity contribution in [3.63, 3.8) is 0 Å². The van der Waals surface area contributed by atoms with Gasteiger partial charge in [0, 0.05) is 24.2 Å². The molecule has 0 fully saturated rings. The highest BCUT2D eigenvalue weighted by Gasteiger charge is 2.09. The molecule has 5 nitrogen and oxygen atoms in total. The fourth-order valence-corrected chi connectivity index (χ4v) is 2.06. The molecule has 0 aliphatic carbocycles. The minimum atomic E-state index is -0.121. The molecule has 5 heteroatoms. The van der Waals surface area contributed by atoms with Gasteiger partial charge in [0.2, 0.25) is 11.8 Å². The van der Waals surface area contributed by atoms with Crippen molar-refractivity contribution in [1.82, 2.24) is 4.98 Å². The average molecular weight is 282 g/mol. The number of hydrogen-bond donors (Lipinski definition) is 1. The van der Waals surface area contributed by atoms with Crippen molar-refractivity contribution in [3.8, 4) is 17.2 Å². The lowest BCUT2D eigenvalue weighted by atomic mass is 10.2. The Bertz CT molecular complexity index is 791. The van der Waals surface area contributed by atoms with Gasteiger partial charge in [0.1, 0.15) is 11.3 Å². The number of aromatic nitrogens is 1. The van der Waals surface area contributed by atoms with Gasteiger partial charge in [0.15, 0.2) is 5.58 Å². The summed E-state index contributed by atoms with van der Waals surface area (Å²) >= 11 is 0. The molecule has 106 valence electrons. The topological polar surface area (TPSA) is 64.4 Å². The molecule has 0 aliphatic heterocycles. The van der Waals surface area contributed by atoms with E-state index >= 15 is 0 Å². The number of amides is 1. The number of nitrogens with zero attached hydrogens (tertiary/aromatic N) is 1. The van der Waals surface area contributed by atoms with Crippen molar-refractivity contribution in [2.75, 3.05) is 12.4 Å². The molecular weight excluding hydrogens is 268 g/mol. The van der Waals surface area contributed by atoms with Crippen molar-refractivity contribution in [2.24, 2.45) is 0 Å². The number of anilines is 1. The molecule has 0 bridgehead atoms. The lowest BCUT2D eigenvalue weighted by Crippen LogP contribution is -2.05. The van der Waals surface area contributed by atoms with Gasteiger partial charge >= 0.3 is 0 Å². The van der Waals surface area contributed by atoms with E-state index in [1.807, 2.05) is 30.3 Å². The van der Waals surface area contributed by atoms with E-state index in [1.54, 1.807) is 19.2 Å². The van der Waals surface area contributed by atoms with Gasteiger partial charge in [-0.1, -0.05) is 0 Å². The van der Waals surface area contributed by atoms with Gasteiger partial charge in [0.05, 0.1) is 7.11 Å². The highest BCUT2D eigenvalue weighted by atomic mass is 16.5. The van der Waals surface area contributed by atoms with Crippen molar-refractivity contribution < 1.29 is 13.9 Å². The number of hydrogen-bond acceptors (Lipinski definition) is 4. The number of ether oxygens (including phenoxy) is 1. The Kier molecular flexibility index (Phi) is 3.31. The summed E-state index contributed by atoms with van der Waals surface area (Å²) in [7, 11) is 1.62. The van der Waals surface area contributed by atoms with E-state index < -0.39 is 0 Å². The van der Waals surface area contributed by atoms with Crippen LogP contribution < -0.4 is 10.1 Å². The zero-order valence-electron chi connectivity index (χ0n) is 11.7. The van der Waals surface area contributed by atoms with E-state index in [1.165, 1.54) is 6.92 Å². The van der Waals surface area contributed by atoms with Crippen LogP contribution in [-0.2, 0) is 4.79 Å². The third-order valence-corrected chi connectivity index (χ3v) is 3.05. The van der Waals surface area contributed by atoms with Crippen LogP contribution in [0.15, 0.2) is 46.9 Å². The largest absolute Gasteiger partial charge is 0.497 e. The summed E-state index contributed by atoms with van der Waals surface area (Å²) in [6.45, 7) is 1.47. The zero-order chi connectivity index (χ0) is 14.8. The van der Waals surface area contributed by atoms with E-state index in [2.05, 4.69) is 10.3 Å². The molecule has 0 aliphatic rings. The van der Waals surface area contributed by atoms with E-state index in [0.717, 1.165) is 16.8 Å². The summed E-state index contributed by atoms with van der Waals surface area (Å²) in [6, 6.07) is 12.9. The number of oxazole rings is 1. The van der Waals surface area contributed by atoms with Crippen LogP contribution in [0.2, 0.25) is 0 Å². The molecule has 1 amide bonds. The standard InChI is InChI=1S/C16H14N2O3/c1-10(19)17-12-5-8-14-15(9-12)21-16(18-14)11-3-6-13(20-2)7-4-11/h3-9H,1-2H3,(H,17,19). The minimum absolute atomic E-state index is 0.121. The third kappa shape index (κ3) is 2.72. The van der Waals surface area contributed by atoms with Crippen molar-refractivity contribution in [1.29, 1.82) is 0 Å². The van der Waals surface area contributed by atoms with Crippen LogP contribution in [0.5, 0.6) is 5.75 Å². The number of nitrogens with one attached hydrogen (secondary N) is 1. The maximum absolute atomic E-state index is 11.1. The smallest absolute Gasteiger partial charge is 0.227 e. The summed E-state index contributed by atoms with van der Waals surface area (Å²) in [6.07, 6.45) is 0. The predicted molar refractivity (Wildman–Crippen MR) is 80.3 cm³/mol. The average Bonchev–Trinajstić information content (AvgIpc) is 2.90. The van der Waals surface area contributed by atoms with Gasteiger partial charge in [-0.3, -0.25) is 4.79 Å². The molecule has 0 spiro atoms. The maximum atomic E-state index is 11.1. The summed E-state index contributed by atoms with van der Waals surface area (Å²) < 4.78 is 10.9. The third-order valence-electron chi connectivity index (χ3n) is 3.05. The van der Waals surface area contributed by atoms with Gasteiger partial charge < -0.3 is 14.5 Å². The first kappa shape index (κ1) is 13.2. The highest BCUT2D eigenvalue weighted by Crippen LogP contribution is 2.27. The van der Waals surface area contributed by atoms with Crippen LogP contribution in [-0.4, -0.2) is 18.0 Å². The molecular formula is C16H14N2O3. The molecule has 3 rings (SSSR count). The SMILES string of the molecule is COc1ccc(-c2nc3ccc(NC(C)=O)cc3o2)cc1. The van der Waals surface area contributed by atoms with Crippen LogP contribution >= 0.6 is 0 Å². The zero-order valence-corrected chi connectivity index (χ0v) is 11.7. The molecule has 0 radical (unpaired) electrons. The molecule has 1 aromatic heterocycles. The summed E-state index contributed by atoms with van der Waals surface area (Å²) in [5.41, 5.74) is 2.93. The molecule has 1 N–H and O–H groups in total. The highest BCUT2D eigenvalue weighted by molar-refractivity contribution is 5.91. The molecule has 1 heterocycles. The number of carbonyl (C=O) groups excluding carboxylic acids is 1. The number of benzene rings is 2. The predicted octanol–water partition coefficient (Wildman–Crippen LogP) is 3.46. The molecule has 2 aromatic carbocycles. The first-order valence-corrected chi connectivity index (χ1v) is 6.48. The van der Waals surface area contributed by atoms with Crippen molar-refractivity contribution in [2.45, 2.75) is 6.92 Å². The summed E-state index contributed by atoms with van der Waals surface area (Å²) in [5.74, 6) is 1.19. The van der Waals surface area contributed by atoms with Crippen molar-refractivity contribution >= 4 is 22.7 Å². The lowest BCUT2D eigenvalue weighted by Gasteiger charge is -2.00. The second kappa shape index (κ2) is 5.28. The van der Waals surface area contributed by atoms with E-state index in [9.17, 15) is 4.79 Å². The van der Waals surface area contributed by atoms with Crippen LogP contribution in [0.25, 0.3) is 22.6 Å². The Morgan fingerprint density at radius 2 is 1.95 bits per heavy atom. The Balaban J connectivity index is 1.97. The number of carbonyl (C=O) groups is 1. The fourth-order valence-electron chi connectivity index (χ4n) is 2.06. The Morgan fingerprint density at radius 1 is 1.19 bits per heavy atom. The molecule has 0 atom stereocenters. The monoisotopic (exact) mass is 282 g/mol. The number of methoxy groups -OCH3 is 1. The van der Waals surface area contributed by atoms with Gasteiger partial charge in [-0.15, -0.1) is 0 Å². The van der Waals surface area contributed by atoms with Gasteiger partial charge in [-0.2, -0.15) is 0 Å². The molecule has 3 aromatic rings. The van der Waals surface area contributed by atoms with E-state index in [-0.39, 0.29) is 5.91 Å². The van der Waals surface area contributed by atoms with Crippen LogP contribution in [0, 0.1) is 0 Å². The Hall–Kier alpha value is -2.82. The normalized spacial score (nSPS) is 10.6. The maximum Gasteiger partial charge on any atom is 0.227 e. The first-order chi connectivity index (χ1) is 10.2. The van der Waals surface area contributed by atoms with Crippen LogP contribution in [0.1, 0.15) is 6.92 Å². The second-order valence-electron chi connectivity index (χ2n) is 4.61. The van der Waals surface area contributed by atoms with Crippen molar-refractivity contribution in [3.05, 3.63) is 42.5 Å². The first-order valence-electron chi connectivity index (χ1n) is 6.48. The number of rotatable bonds is 3. The van der Waals surface area contributed by atoms with Crippen LogP contribution in [0.4, 0.5) is 5.69 Å². The molecule has 0 saturated carbocycles. The lowest BCUT2D eigenvalue weighted by molar-refractivity contribution is -0.114. The van der Waals surface area contributed by atoms with E-state index in [0.29, 0.717) is 17.2 Å². The summed E-state index contributed by atoms with van der Waals surface area (Å²) in [4.78, 5) is 15.5. The number of fused-ring (bicyclic) bond motifs is 1. The van der Waals surface area contributed by atoms with Gasteiger partial charge in [0.25, 0.3) is 0 Å². The van der Waals surface area contributed by atoms with Gasteiger partial charge in [-0.25, -0.2) is 4.98 Å². The van der Waals surface area contributed by atoms with Gasteiger partial charge in [-0.05, 0) is 36.4 Å².